The third kappa shape index (κ3) is 3.92. The van der Waals surface area contributed by atoms with E-state index < -0.39 is 10.0 Å². The second-order valence-electron chi connectivity index (χ2n) is 6.24. The van der Waals surface area contributed by atoms with E-state index in [1.54, 1.807) is 42.5 Å². The van der Waals surface area contributed by atoms with E-state index in [-0.39, 0.29) is 11.4 Å². The molecule has 0 atom stereocenters. The van der Waals surface area contributed by atoms with Crippen molar-refractivity contribution in [3.8, 4) is 0 Å². The van der Waals surface area contributed by atoms with Gasteiger partial charge in [-0.3, -0.25) is 4.31 Å². The number of rotatable bonds is 5. The summed E-state index contributed by atoms with van der Waals surface area (Å²) in [6.07, 6.45) is 0. The Morgan fingerprint density at radius 3 is 2.27 bits per heavy atom. The molecule has 0 heterocycles. The first kappa shape index (κ1) is 18.5. The largest absolute Gasteiger partial charge is 0.264 e. The molecule has 0 unspecified atom stereocenters. The molecule has 0 saturated heterocycles. The summed E-state index contributed by atoms with van der Waals surface area (Å²) >= 11 is 6.09. The van der Waals surface area contributed by atoms with E-state index in [9.17, 15) is 8.42 Å². The van der Waals surface area contributed by atoms with Gasteiger partial charge in [0.2, 0.25) is 0 Å². The van der Waals surface area contributed by atoms with E-state index in [1.165, 1.54) is 4.31 Å². The minimum absolute atomic E-state index is 0.210. The predicted octanol–water partition coefficient (Wildman–Crippen LogP) is 5.35. The summed E-state index contributed by atoms with van der Waals surface area (Å²) in [4.78, 5) is 0.266. The van der Waals surface area contributed by atoms with Crippen LogP contribution in [0, 0.1) is 13.8 Å². The number of anilines is 1. The average molecular weight is 386 g/mol. The molecule has 0 N–H and O–H groups in total. The van der Waals surface area contributed by atoms with Crippen molar-refractivity contribution >= 4 is 27.3 Å². The van der Waals surface area contributed by atoms with E-state index in [0.717, 1.165) is 16.7 Å². The number of benzene rings is 3. The van der Waals surface area contributed by atoms with Gasteiger partial charge in [-0.2, -0.15) is 0 Å². The molecule has 0 radical (unpaired) electrons. The predicted molar refractivity (Wildman–Crippen MR) is 107 cm³/mol. The van der Waals surface area contributed by atoms with Gasteiger partial charge in [-0.1, -0.05) is 59.6 Å². The number of nitrogens with zero attached hydrogens (tertiary/aromatic N) is 1. The molecule has 5 heteroatoms. The molecule has 0 aliphatic heterocycles. The maximum Gasteiger partial charge on any atom is 0.264 e. The molecule has 3 aromatic rings. The lowest BCUT2D eigenvalue weighted by Gasteiger charge is -2.26. The summed E-state index contributed by atoms with van der Waals surface area (Å²) in [6, 6.07) is 21.5. The summed E-state index contributed by atoms with van der Waals surface area (Å²) in [5.41, 5.74) is 3.49. The van der Waals surface area contributed by atoms with Crippen LogP contribution in [0.1, 0.15) is 16.7 Å². The van der Waals surface area contributed by atoms with Crippen molar-refractivity contribution in [3.05, 3.63) is 94.5 Å². The van der Waals surface area contributed by atoms with Crippen LogP contribution in [0.4, 0.5) is 5.69 Å². The number of hydrogen-bond donors (Lipinski definition) is 0. The molecule has 0 amide bonds. The van der Waals surface area contributed by atoms with E-state index in [4.69, 9.17) is 11.6 Å². The summed E-state index contributed by atoms with van der Waals surface area (Å²) in [5.74, 6) is 0. The zero-order valence-corrected chi connectivity index (χ0v) is 16.3. The Hall–Kier alpha value is -2.30. The molecule has 26 heavy (non-hydrogen) atoms. The molecule has 3 rings (SSSR count). The van der Waals surface area contributed by atoms with Gasteiger partial charge >= 0.3 is 0 Å². The molecule has 0 bridgehead atoms. The van der Waals surface area contributed by atoms with Crippen molar-refractivity contribution in [3.63, 3.8) is 0 Å². The second kappa shape index (κ2) is 7.52. The second-order valence-corrected chi connectivity index (χ2v) is 8.54. The van der Waals surface area contributed by atoms with E-state index in [1.807, 2.05) is 44.2 Å². The zero-order chi connectivity index (χ0) is 18.7. The maximum absolute atomic E-state index is 13.4. The van der Waals surface area contributed by atoms with E-state index in [0.29, 0.717) is 10.7 Å². The average Bonchev–Trinajstić information content (AvgIpc) is 2.61. The van der Waals surface area contributed by atoms with E-state index in [2.05, 4.69) is 0 Å². The van der Waals surface area contributed by atoms with Crippen LogP contribution in [-0.4, -0.2) is 8.42 Å². The minimum Gasteiger partial charge on any atom is -0.262 e. The lowest BCUT2D eigenvalue weighted by Crippen LogP contribution is -2.31. The third-order valence-electron chi connectivity index (χ3n) is 4.17. The minimum atomic E-state index is -3.71. The highest BCUT2D eigenvalue weighted by Crippen LogP contribution is 2.29. The number of aryl methyl sites for hydroxylation is 2. The van der Waals surface area contributed by atoms with E-state index >= 15 is 0 Å². The number of halogens is 1. The molecule has 0 saturated carbocycles. The highest BCUT2D eigenvalue weighted by molar-refractivity contribution is 7.92. The van der Waals surface area contributed by atoms with Gasteiger partial charge in [0, 0.05) is 5.02 Å². The molecular weight excluding hydrogens is 366 g/mol. The van der Waals surface area contributed by atoms with Crippen molar-refractivity contribution < 1.29 is 8.42 Å². The quantitative estimate of drug-likeness (QED) is 0.593. The summed E-state index contributed by atoms with van der Waals surface area (Å²) < 4.78 is 28.2. The fourth-order valence-electron chi connectivity index (χ4n) is 2.91. The zero-order valence-electron chi connectivity index (χ0n) is 14.7. The van der Waals surface area contributed by atoms with Gasteiger partial charge in [0.25, 0.3) is 10.0 Å². The molecular formula is C21H20ClNO2S. The first-order valence-electron chi connectivity index (χ1n) is 8.27. The van der Waals surface area contributed by atoms with Crippen LogP contribution in [0.25, 0.3) is 0 Å². The summed E-state index contributed by atoms with van der Waals surface area (Å²) in [5, 5.41) is 0.584. The smallest absolute Gasteiger partial charge is 0.262 e. The first-order chi connectivity index (χ1) is 12.4. The van der Waals surface area contributed by atoms with Crippen LogP contribution in [0.5, 0.6) is 0 Å². The standard InChI is InChI=1S/C21H20ClNO2S/c1-16-11-12-21(17(2)13-16)23(15-18-7-6-8-19(22)14-18)26(24,25)20-9-4-3-5-10-20/h3-14H,15H2,1-2H3. The summed E-state index contributed by atoms with van der Waals surface area (Å²) in [6.45, 7) is 4.12. The Bertz CT molecular complexity index is 1020. The third-order valence-corrected chi connectivity index (χ3v) is 6.18. The van der Waals surface area contributed by atoms with Crippen molar-refractivity contribution in [2.75, 3.05) is 4.31 Å². The summed E-state index contributed by atoms with van der Waals surface area (Å²) in [7, 11) is -3.71. The Balaban J connectivity index is 2.13. The SMILES string of the molecule is Cc1ccc(N(Cc2cccc(Cl)c2)S(=O)(=O)c2ccccc2)c(C)c1. The van der Waals surface area contributed by atoms with Crippen molar-refractivity contribution in [1.82, 2.24) is 0 Å². The van der Waals surface area contributed by atoms with Crippen LogP contribution in [0.2, 0.25) is 5.02 Å². The number of sulfonamides is 1. The van der Waals surface area contributed by atoms with Crippen LogP contribution in [0.3, 0.4) is 0 Å². The fourth-order valence-corrected chi connectivity index (χ4v) is 4.66. The molecule has 134 valence electrons. The Labute approximate surface area is 159 Å². The fraction of sp³-hybridized carbons (Fsp3) is 0.143. The molecule has 3 nitrogen and oxygen atoms in total. The highest BCUT2D eigenvalue weighted by Gasteiger charge is 2.26. The molecule has 0 fully saturated rings. The molecule has 0 aromatic heterocycles. The molecule has 0 spiro atoms. The molecule has 3 aromatic carbocycles. The van der Waals surface area contributed by atoms with Crippen LogP contribution in [-0.2, 0) is 16.6 Å². The molecule has 0 aliphatic rings. The van der Waals surface area contributed by atoms with Crippen molar-refractivity contribution in [1.29, 1.82) is 0 Å². The van der Waals surface area contributed by atoms with Crippen LogP contribution >= 0.6 is 11.6 Å². The van der Waals surface area contributed by atoms with Gasteiger partial charge < -0.3 is 0 Å². The van der Waals surface area contributed by atoms with Gasteiger partial charge in [-0.15, -0.1) is 0 Å². The van der Waals surface area contributed by atoms with Crippen LogP contribution in [0.15, 0.2) is 77.7 Å². The van der Waals surface area contributed by atoms with Crippen LogP contribution < -0.4 is 4.31 Å². The Kier molecular flexibility index (Phi) is 5.35. The highest BCUT2D eigenvalue weighted by atomic mass is 35.5. The normalized spacial score (nSPS) is 11.3. The maximum atomic E-state index is 13.4. The van der Waals surface area contributed by atoms with Gasteiger partial charge in [-0.05, 0) is 55.3 Å². The lowest BCUT2D eigenvalue weighted by molar-refractivity contribution is 0.590. The lowest BCUT2D eigenvalue weighted by atomic mass is 10.1. The topological polar surface area (TPSA) is 37.4 Å². The van der Waals surface area contributed by atoms with Gasteiger partial charge in [0.1, 0.15) is 0 Å². The Morgan fingerprint density at radius 2 is 1.62 bits per heavy atom. The Morgan fingerprint density at radius 1 is 0.885 bits per heavy atom. The van der Waals surface area contributed by atoms with Crippen molar-refractivity contribution in [2.24, 2.45) is 0 Å². The van der Waals surface area contributed by atoms with Gasteiger partial charge in [0.15, 0.2) is 0 Å². The monoisotopic (exact) mass is 385 g/mol. The molecule has 0 aliphatic carbocycles. The van der Waals surface area contributed by atoms with Gasteiger partial charge in [-0.25, -0.2) is 8.42 Å². The first-order valence-corrected chi connectivity index (χ1v) is 10.1. The van der Waals surface area contributed by atoms with Crippen molar-refractivity contribution in [2.45, 2.75) is 25.3 Å². The van der Waals surface area contributed by atoms with Gasteiger partial charge in [0.05, 0.1) is 17.1 Å². The number of hydrogen-bond acceptors (Lipinski definition) is 2.